The van der Waals surface area contributed by atoms with Crippen molar-refractivity contribution in [2.24, 2.45) is 0 Å². The zero-order chi connectivity index (χ0) is 36.1. The summed E-state index contributed by atoms with van der Waals surface area (Å²) >= 11 is 0. The molecule has 1 fully saturated rings. The molecule has 1 aliphatic rings. The highest BCUT2D eigenvalue weighted by Gasteiger charge is 2.27. The highest BCUT2D eigenvalue weighted by Crippen LogP contribution is 2.25. The number of rotatable bonds is 14. The number of likely N-dealkylation sites (tertiary alicyclic amines) is 1. The van der Waals surface area contributed by atoms with E-state index < -0.39 is 5.97 Å². The minimum atomic E-state index is -0.957. The van der Waals surface area contributed by atoms with E-state index in [1.165, 1.54) is 0 Å². The van der Waals surface area contributed by atoms with E-state index in [2.05, 4.69) is 15.5 Å². The number of nitrogens with zero attached hydrogens (tertiary/aromatic N) is 2. The van der Waals surface area contributed by atoms with Crippen LogP contribution in [-0.4, -0.2) is 64.9 Å². The van der Waals surface area contributed by atoms with Crippen LogP contribution in [0.4, 0.5) is 11.4 Å². The lowest BCUT2D eigenvalue weighted by Gasteiger charge is -2.33. The van der Waals surface area contributed by atoms with E-state index in [1.54, 1.807) is 60.7 Å². The van der Waals surface area contributed by atoms with Gasteiger partial charge in [-0.2, -0.15) is 0 Å². The van der Waals surface area contributed by atoms with E-state index >= 15 is 0 Å². The maximum atomic E-state index is 13.5. The van der Waals surface area contributed by atoms with E-state index in [9.17, 15) is 19.5 Å². The van der Waals surface area contributed by atoms with Gasteiger partial charge in [0, 0.05) is 30.5 Å². The van der Waals surface area contributed by atoms with Crippen molar-refractivity contribution in [2.75, 3.05) is 36.8 Å². The number of benzene rings is 5. The van der Waals surface area contributed by atoms with Gasteiger partial charge in [0.25, 0.3) is 0 Å². The van der Waals surface area contributed by atoms with Crippen LogP contribution in [0.25, 0.3) is 0 Å². The summed E-state index contributed by atoms with van der Waals surface area (Å²) in [7, 11) is 0. The van der Waals surface area contributed by atoms with Crippen molar-refractivity contribution in [3.8, 4) is 23.0 Å². The van der Waals surface area contributed by atoms with Gasteiger partial charge in [-0.15, -0.1) is 0 Å². The summed E-state index contributed by atoms with van der Waals surface area (Å²) in [6.45, 7) is 2.19. The van der Waals surface area contributed by atoms with Crippen LogP contribution < -0.4 is 20.1 Å². The van der Waals surface area contributed by atoms with Gasteiger partial charge in [0.2, 0.25) is 11.8 Å². The number of carboxylic acid groups (broad SMARTS) is 1. The summed E-state index contributed by atoms with van der Waals surface area (Å²) in [6.07, 6.45) is 2.75. The van der Waals surface area contributed by atoms with Gasteiger partial charge in [-0.1, -0.05) is 55.0 Å². The highest BCUT2D eigenvalue weighted by atomic mass is 16.5. The van der Waals surface area contributed by atoms with Crippen LogP contribution in [0.5, 0.6) is 23.0 Å². The lowest BCUT2D eigenvalue weighted by molar-refractivity contribution is -0.121. The Kier molecular flexibility index (Phi) is 12.3. The Hall–Kier alpha value is -5.97. The topological polar surface area (TPSA) is 120 Å². The molecule has 0 saturated carbocycles. The average molecular weight is 699 g/mol. The molecule has 6 rings (SSSR count). The van der Waals surface area contributed by atoms with E-state index in [-0.39, 0.29) is 36.5 Å². The molecule has 5 aromatic rings. The normalized spacial score (nSPS) is 14.6. The molecule has 0 aromatic heterocycles. The van der Waals surface area contributed by atoms with Gasteiger partial charge in [0.05, 0.1) is 18.7 Å². The molecule has 1 heterocycles. The molecule has 1 saturated heterocycles. The molecule has 1 atom stereocenters. The number of ether oxygens (including phenoxy) is 2. The number of aromatic carboxylic acids is 1. The smallest absolute Gasteiger partial charge is 0.335 e. The van der Waals surface area contributed by atoms with Gasteiger partial charge in [0.1, 0.15) is 23.0 Å². The Morgan fingerprint density at radius 2 is 1.12 bits per heavy atom. The number of hydrogen-bond acceptors (Lipinski definition) is 7. The standard InChI is InChI=1S/C42H42N4O6/c47-40(43-33-18-22-38(23-19-33)51-36-10-3-1-4-11-36)29-46(30-41(48)44-34-20-24-39(25-21-34)52-37-12-5-2-6-13-37)35-9-7-8-26-45(28-35)27-31-14-16-32(17-15-31)42(49)50/h1-6,10-25,35H,7-9,26-30H2,(H,43,47)(H,44,48)(H,49,50). The summed E-state index contributed by atoms with van der Waals surface area (Å²) in [5.41, 5.74) is 2.50. The molecular formula is C42H42N4O6. The van der Waals surface area contributed by atoms with Gasteiger partial charge in [-0.3, -0.25) is 19.4 Å². The second kappa shape index (κ2) is 17.8. The highest BCUT2D eigenvalue weighted by molar-refractivity contribution is 5.95. The molecule has 0 radical (unpaired) electrons. The van der Waals surface area contributed by atoms with Crippen LogP contribution in [0.1, 0.15) is 35.2 Å². The summed E-state index contributed by atoms with van der Waals surface area (Å²) in [6, 6.07) is 40.2. The van der Waals surface area contributed by atoms with Crippen molar-refractivity contribution in [3.05, 3.63) is 145 Å². The molecule has 1 unspecified atom stereocenters. The minimum absolute atomic E-state index is 0.0192. The van der Waals surface area contributed by atoms with Gasteiger partial charge < -0.3 is 25.2 Å². The lowest BCUT2D eigenvalue weighted by Crippen LogP contribution is -2.49. The Bertz CT molecular complexity index is 1800. The molecule has 0 bridgehead atoms. The van der Waals surface area contributed by atoms with Crippen molar-refractivity contribution >= 4 is 29.2 Å². The maximum Gasteiger partial charge on any atom is 0.335 e. The second-order valence-corrected chi connectivity index (χ2v) is 12.8. The first kappa shape index (κ1) is 35.8. The zero-order valence-electron chi connectivity index (χ0n) is 28.8. The summed E-state index contributed by atoms with van der Waals surface area (Å²) in [4.78, 5) is 42.7. The summed E-state index contributed by atoms with van der Waals surface area (Å²) < 4.78 is 11.8. The third kappa shape index (κ3) is 10.8. The fraction of sp³-hybridized carbons (Fsp3) is 0.214. The predicted molar refractivity (Wildman–Crippen MR) is 201 cm³/mol. The Labute approximate surface area is 303 Å². The third-order valence-electron chi connectivity index (χ3n) is 8.78. The molecular weight excluding hydrogens is 656 g/mol. The fourth-order valence-electron chi connectivity index (χ4n) is 6.19. The second-order valence-electron chi connectivity index (χ2n) is 12.8. The van der Waals surface area contributed by atoms with E-state index in [0.717, 1.165) is 42.9 Å². The first-order valence-corrected chi connectivity index (χ1v) is 17.4. The molecule has 10 nitrogen and oxygen atoms in total. The van der Waals surface area contributed by atoms with Crippen LogP contribution >= 0.6 is 0 Å². The van der Waals surface area contributed by atoms with Crippen LogP contribution in [0, 0.1) is 0 Å². The first-order chi connectivity index (χ1) is 25.4. The molecule has 266 valence electrons. The molecule has 10 heteroatoms. The Morgan fingerprint density at radius 1 is 0.635 bits per heavy atom. The average Bonchev–Trinajstić information content (AvgIpc) is 3.39. The van der Waals surface area contributed by atoms with Crippen molar-refractivity contribution < 1.29 is 29.0 Å². The van der Waals surface area contributed by atoms with Gasteiger partial charge in [0.15, 0.2) is 0 Å². The van der Waals surface area contributed by atoms with Gasteiger partial charge in [-0.05, 0) is 110 Å². The van der Waals surface area contributed by atoms with E-state index in [0.29, 0.717) is 36.0 Å². The summed E-state index contributed by atoms with van der Waals surface area (Å²) in [5.74, 6) is 1.33. The quantitative estimate of drug-likeness (QED) is 0.107. The minimum Gasteiger partial charge on any atom is -0.478 e. The van der Waals surface area contributed by atoms with Crippen molar-refractivity contribution in [3.63, 3.8) is 0 Å². The Morgan fingerprint density at radius 3 is 1.60 bits per heavy atom. The van der Waals surface area contributed by atoms with Crippen LogP contribution in [-0.2, 0) is 16.1 Å². The number of carbonyl (C=O) groups is 3. The first-order valence-electron chi connectivity index (χ1n) is 17.4. The number of para-hydroxylation sites is 2. The van der Waals surface area contributed by atoms with Gasteiger partial charge in [-0.25, -0.2) is 4.79 Å². The maximum absolute atomic E-state index is 13.5. The number of carboxylic acids is 1. The molecule has 52 heavy (non-hydrogen) atoms. The van der Waals surface area contributed by atoms with E-state index in [1.807, 2.05) is 77.7 Å². The number of amides is 2. The molecule has 2 amide bonds. The molecule has 0 aliphatic carbocycles. The Balaban J connectivity index is 1.12. The van der Waals surface area contributed by atoms with Crippen LogP contribution in [0.3, 0.4) is 0 Å². The third-order valence-corrected chi connectivity index (χ3v) is 8.78. The molecule has 0 spiro atoms. The molecule has 3 N–H and O–H groups in total. The fourth-order valence-corrected chi connectivity index (χ4v) is 6.19. The number of nitrogens with one attached hydrogen (secondary N) is 2. The van der Waals surface area contributed by atoms with Crippen LogP contribution in [0.15, 0.2) is 133 Å². The number of hydrogen-bond donors (Lipinski definition) is 3. The monoisotopic (exact) mass is 698 g/mol. The summed E-state index contributed by atoms with van der Waals surface area (Å²) in [5, 5.41) is 15.3. The van der Waals surface area contributed by atoms with Crippen LogP contribution in [0.2, 0.25) is 0 Å². The molecule has 5 aromatic carbocycles. The SMILES string of the molecule is O=C(CN(CC(=O)Nc1ccc(Oc2ccccc2)cc1)C1CCCCN(Cc2ccc(C(=O)O)cc2)C1)Nc1ccc(Oc2ccccc2)cc1. The zero-order valence-corrected chi connectivity index (χ0v) is 28.8. The van der Waals surface area contributed by atoms with Crippen molar-refractivity contribution in [1.29, 1.82) is 0 Å². The molecule has 1 aliphatic heterocycles. The predicted octanol–water partition coefficient (Wildman–Crippen LogP) is 7.90. The lowest BCUT2D eigenvalue weighted by atomic mass is 10.1. The van der Waals surface area contributed by atoms with Crippen molar-refractivity contribution in [2.45, 2.75) is 31.8 Å². The van der Waals surface area contributed by atoms with Gasteiger partial charge >= 0.3 is 5.97 Å². The van der Waals surface area contributed by atoms with Crippen molar-refractivity contribution in [1.82, 2.24) is 9.80 Å². The largest absolute Gasteiger partial charge is 0.478 e. The number of carbonyl (C=O) groups excluding carboxylic acids is 2. The number of anilines is 2. The van der Waals surface area contributed by atoms with E-state index in [4.69, 9.17) is 9.47 Å².